The molecular weight excluding hydrogens is 687 g/mol. The summed E-state index contributed by atoms with van der Waals surface area (Å²) in [5.41, 5.74) is 0. The van der Waals surface area contributed by atoms with Crippen LogP contribution in [0.1, 0.15) is 246 Å². The van der Waals surface area contributed by atoms with E-state index in [1.807, 2.05) is 0 Å². The van der Waals surface area contributed by atoms with Crippen molar-refractivity contribution in [2.24, 2.45) is 11.8 Å². The second kappa shape index (κ2) is 40.5. The van der Waals surface area contributed by atoms with E-state index in [4.69, 9.17) is 24.2 Å². The molecule has 0 unspecified atom stereocenters. The predicted octanol–water partition coefficient (Wildman–Crippen LogP) is 14.5. The maximum absolute atomic E-state index is 12.4. The summed E-state index contributed by atoms with van der Waals surface area (Å²) in [7, 11) is 1.75. The van der Waals surface area contributed by atoms with Crippen molar-refractivity contribution in [3.05, 3.63) is 0 Å². The van der Waals surface area contributed by atoms with Gasteiger partial charge in [-0.05, 0) is 56.8 Å². The molecule has 7 heteroatoms. The van der Waals surface area contributed by atoms with Gasteiger partial charge in [0.25, 0.3) is 0 Å². The van der Waals surface area contributed by atoms with Gasteiger partial charge in [-0.1, -0.05) is 169 Å². The molecule has 7 nitrogen and oxygen atoms in total. The highest BCUT2D eigenvalue weighted by atomic mass is 16.7. The van der Waals surface area contributed by atoms with E-state index in [0.717, 1.165) is 89.9 Å². The zero-order valence-corrected chi connectivity index (χ0v) is 37.2. The van der Waals surface area contributed by atoms with E-state index in [1.54, 1.807) is 7.11 Å². The van der Waals surface area contributed by atoms with E-state index in [1.165, 1.54) is 103 Å². The zero-order valence-electron chi connectivity index (χ0n) is 37.2. The summed E-state index contributed by atoms with van der Waals surface area (Å²) in [6.45, 7) is 10.7. The SMILES string of the molecule is CCCCCC(CCCCC)CCOC(=O)CCCCCCCC(CCCCCCCC(=O)OCCC(CCCCC)CCCCC)(OC)OCCCC#N. The Balaban J connectivity index is 4.36. The second-order valence-corrected chi connectivity index (χ2v) is 16.5. The standard InChI is InChI=1S/C48H91NO6/c1-6-10-20-30-44(31-21-11-7-2)36-42-53-46(50)34-24-16-14-18-26-38-48(52-5,55-41-29-28-40-49)39-27-19-15-17-25-35-47(51)54-43-37-45(32-22-12-8-3)33-23-13-9-4/h44-45H,6-39,41-43H2,1-5H3. The van der Waals surface area contributed by atoms with Crippen LogP contribution in [0.25, 0.3) is 0 Å². The third-order valence-electron chi connectivity index (χ3n) is 11.5. The third-order valence-corrected chi connectivity index (χ3v) is 11.5. The molecule has 0 bridgehead atoms. The van der Waals surface area contributed by atoms with Gasteiger partial charge in [-0.15, -0.1) is 0 Å². The quantitative estimate of drug-likeness (QED) is 0.0345. The number of nitriles is 1. The van der Waals surface area contributed by atoms with Gasteiger partial charge in [0.05, 0.1) is 25.9 Å². The number of esters is 2. The molecule has 0 aromatic carbocycles. The highest BCUT2D eigenvalue weighted by molar-refractivity contribution is 5.69. The predicted molar refractivity (Wildman–Crippen MR) is 230 cm³/mol. The number of carbonyl (C=O) groups is 2. The van der Waals surface area contributed by atoms with Crippen LogP contribution in [-0.4, -0.2) is 44.7 Å². The molecule has 0 atom stereocenters. The maximum Gasteiger partial charge on any atom is 0.305 e. The molecule has 324 valence electrons. The van der Waals surface area contributed by atoms with Crippen LogP contribution in [0.2, 0.25) is 0 Å². The first kappa shape index (κ1) is 53.4. The largest absolute Gasteiger partial charge is 0.466 e. The van der Waals surface area contributed by atoms with Crippen molar-refractivity contribution < 1.29 is 28.5 Å². The van der Waals surface area contributed by atoms with Crippen molar-refractivity contribution in [3.63, 3.8) is 0 Å². The lowest BCUT2D eigenvalue weighted by Gasteiger charge is -2.33. The van der Waals surface area contributed by atoms with E-state index >= 15 is 0 Å². The highest BCUT2D eigenvalue weighted by Crippen LogP contribution is 2.29. The van der Waals surface area contributed by atoms with Crippen LogP contribution < -0.4 is 0 Å². The monoisotopic (exact) mass is 778 g/mol. The Labute approximate surface area is 341 Å². The van der Waals surface area contributed by atoms with Crippen LogP contribution in [0.4, 0.5) is 0 Å². The Kier molecular flexibility index (Phi) is 39.3. The van der Waals surface area contributed by atoms with Crippen molar-refractivity contribution in [1.82, 2.24) is 0 Å². The van der Waals surface area contributed by atoms with E-state index in [9.17, 15) is 9.59 Å². The van der Waals surface area contributed by atoms with Crippen LogP contribution in [-0.2, 0) is 28.5 Å². The number of ether oxygens (including phenoxy) is 4. The summed E-state index contributed by atoms with van der Waals surface area (Å²) in [5, 5.41) is 8.99. The number of hydrogen-bond acceptors (Lipinski definition) is 7. The molecule has 55 heavy (non-hydrogen) atoms. The van der Waals surface area contributed by atoms with Crippen LogP contribution in [0, 0.1) is 23.2 Å². The highest BCUT2D eigenvalue weighted by Gasteiger charge is 2.29. The second-order valence-electron chi connectivity index (χ2n) is 16.5. The number of carbonyl (C=O) groups excluding carboxylic acids is 2. The van der Waals surface area contributed by atoms with Crippen LogP contribution in [0.15, 0.2) is 0 Å². The van der Waals surface area contributed by atoms with E-state index in [0.29, 0.717) is 57.3 Å². The smallest absolute Gasteiger partial charge is 0.305 e. The molecule has 0 fully saturated rings. The Morgan fingerprint density at radius 1 is 0.491 bits per heavy atom. The molecule has 0 rings (SSSR count). The molecule has 0 aromatic rings. The zero-order chi connectivity index (χ0) is 40.5. The molecule has 0 amide bonds. The molecular formula is C48H91NO6. The Hall–Kier alpha value is -1.65. The lowest BCUT2D eigenvalue weighted by Crippen LogP contribution is -2.35. The van der Waals surface area contributed by atoms with Gasteiger partial charge in [-0.25, -0.2) is 0 Å². The molecule has 0 aliphatic rings. The number of hydrogen-bond donors (Lipinski definition) is 0. The topological polar surface area (TPSA) is 94.9 Å². The molecule has 0 aromatic heterocycles. The summed E-state index contributed by atoms with van der Waals surface area (Å²) in [6, 6.07) is 2.21. The molecule has 0 saturated carbocycles. The minimum absolute atomic E-state index is 0.0420. The number of methoxy groups -OCH3 is 1. The van der Waals surface area contributed by atoms with Gasteiger partial charge in [-0.3, -0.25) is 9.59 Å². The summed E-state index contributed by atoms with van der Waals surface area (Å²) in [5.74, 6) is 0.685. The van der Waals surface area contributed by atoms with Crippen LogP contribution in [0.5, 0.6) is 0 Å². The van der Waals surface area contributed by atoms with Crippen molar-refractivity contribution in [2.45, 2.75) is 252 Å². The summed E-state index contributed by atoms with van der Waals surface area (Å²) >= 11 is 0. The van der Waals surface area contributed by atoms with Crippen molar-refractivity contribution >= 4 is 11.9 Å². The molecule has 0 aliphatic heterocycles. The van der Waals surface area contributed by atoms with Crippen molar-refractivity contribution in [2.75, 3.05) is 26.9 Å². The fraction of sp³-hybridized carbons (Fsp3) is 0.938. The van der Waals surface area contributed by atoms with E-state index in [-0.39, 0.29) is 11.9 Å². The van der Waals surface area contributed by atoms with Gasteiger partial charge in [-0.2, -0.15) is 5.26 Å². The summed E-state index contributed by atoms with van der Waals surface area (Å²) < 4.78 is 23.6. The lowest BCUT2D eigenvalue weighted by atomic mass is 9.92. The molecule has 0 radical (unpaired) electrons. The Morgan fingerprint density at radius 2 is 0.873 bits per heavy atom. The number of unbranched alkanes of at least 4 members (excludes halogenated alkanes) is 17. The van der Waals surface area contributed by atoms with Gasteiger partial charge in [0.15, 0.2) is 5.79 Å². The van der Waals surface area contributed by atoms with Gasteiger partial charge < -0.3 is 18.9 Å². The molecule has 0 heterocycles. The Bertz CT molecular complexity index is 812. The minimum Gasteiger partial charge on any atom is -0.466 e. The number of rotatable bonds is 43. The summed E-state index contributed by atoms with van der Waals surface area (Å²) in [4.78, 5) is 24.8. The first-order chi connectivity index (χ1) is 26.9. The first-order valence-electron chi connectivity index (χ1n) is 23.8. The van der Waals surface area contributed by atoms with Crippen molar-refractivity contribution in [1.29, 1.82) is 5.26 Å². The fourth-order valence-corrected chi connectivity index (χ4v) is 7.75. The molecule has 0 aliphatic carbocycles. The van der Waals surface area contributed by atoms with E-state index in [2.05, 4.69) is 33.8 Å². The lowest BCUT2D eigenvalue weighted by molar-refractivity contribution is -0.232. The first-order valence-corrected chi connectivity index (χ1v) is 23.8. The van der Waals surface area contributed by atoms with Crippen LogP contribution in [0.3, 0.4) is 0 Å². The van der Waals surface area contributed by atoms with E-state index < -0.39 is 5.79 Å². The molecule has 0 saturated heterocycles. The Morgan fingerprint density at radius 3 is 1.24 bits per heavy atom. The van der Waals surface area contributed by atoms with Crippen LogP contribution >= 0.6 is 0 Å². The van der Waals surface area contributed by atoms with Crippen molar-refractivity contribution in [3.8, 4) is 6.07 Å². The molecule has 0 spiro atoms. The third kappa shape index (κ3) is 34.1. The fourth-order valence-electron chi connectivity index (χ4n) is 7.75. The molecule has 0 N–H and O–H groups in total. The van der Waals surface area contributed by atoms with Gasteiger partial charge in [0.1, 0.15) is 0 Å². The normalized spacial score (nSPS) is 11.7. The summed E-state index contributed by atoms with van der Waals surface area (Å²) in [6.07, 6.45) is 36.5. The maximum atomic E-state index is 12.4. The number of nitrogens with zero attached hydrogens (tertiary/aromatic N) is 1. The average Bonchev–Trinajstić information content (AvgIpc) is 3.18. The van der Waals surface area contributed by atoms with Gasteiger partial charge in [0.2, 0.25) is 0 Å². The van der Waals surface area contributed by atoms with Gasteiger partial charge in [0, 0.05) is 39.2 Å². The van der Waals surface area contributed by atoms with Gasteiger partial charge >= 0.3 is 11.9 Å². The minimum atomic E-state index is -0.612. The average molecular weight is 778 g/mol.